The van der Waals surface area contributed by atoms with Crippen LogP contribution in [-0.2, 0) is 6.54 Å². The summed E-state index contributed by atoms with van der Waals surface area (Å²) in [5.74, 6) is 0.493. The van der Waals surface area contributed by atoms with Gasteiger partial charge in [-0.15, -0.1) is 0 Å². The van der Waals surface area contributed by atoms with Crippen LogP contribution >= 0.6 is 22.6 Å². The summed E-state index contributed by atoms with van der Waals surface area (Å²) in [5.41, 5.74) is 1.34. The summed E-state index contributed by atoms with van der Waals surface area (Å²) in [6.45, 7) is 2.90. The van der Waals surface area contributed by atoms with Crippen LogP contribution in [0.25, 0.3) is 0 Å². The van der Waals surface area contributed by atoms with E-state index in [1.807, 2.05) is 6.07 Å². The maximum atomic E-state index is 9.97. The second kappa shape index (κ2) is 5.98. The number of benzene rings is 1. The molecule has 2 atom stereocenters. The second-order valence-corrected chi connectivity index (χ2v) is 5.37. The molecule has 2 nitrogen and oxygen atoms in total. The summed E-state index contributed by atoms with van der Waals surface area (Å²) >= 11 is 2.37. The van der Waals surface area contributed by atoms with Crippen molar-refractivity contribution in [3.63, 3.8) is 0 Å². The Kier molecular flexibility index (Phi) is 4.61. The fourth-order valence-electron chi connectivity index (χ4n) is 2.21. The third kappa shape index (κ3) is 3.18. The molecule has 3 heteroatoms. The van der Waals surface area contributed by atoms with Gasteiger partial charge in [0.05, 0.1) is 6.10 Å². The van der Waals surface area contributed by atoms with E-state index >= 15 is 0 Å². The lowest BCUT2D eigenvalue weighted by Crippen LogP contribution is -2.43. The third-order valence-electron chi connectivity index (χ3n) is 3.25. The van der Waals surface area contributed by atoms with E-state index in [1.54, 1.807) is 0 Å². The Hall–Kier alpha value is -0.130. The van der Waals surface area contributed by atoms with Crippen LogP contribution in [-0.4, -0.2) is 33.6 Å². The predicted octanol–water partition coefficient (Wildman–Crippen LogP) is 2.30. The number of rotatable bonds is 3. The van der Waals surface area contributed by atoms with Gasteiger partial charge in [0.1, 0.15) is 0 Å². The topological polar surface area (TPSA) is 23.5 Å². The van der Waals surface area contributed by atoms with Crippen LogP contribution in [0.15, 0.2) is 30.3 Å². The molecular formula is C13H18INO. The number of halogens is 1. The maximum absolute atomic E-state index is 9.97. The van der Waals surface area contributed by atoms with Crippen LogP contribution in [0.5, 0.6) is 0 Å². The normalized spacial score (nSPS) is 26.9. The molecule has 1 heterocycles. The van der Waals surface area contributed by atoms with E-state index in [1.165, 1.54) is 5.56 Å². The van der Waals surface area contributed by atoms with E-state index in [-0.39, 0.29) is 6.10 Å². The van der Waals surface area contributed by atoms with E-state index in [4.69, 9.17) is 0 Å². The SMILES string of the molecule is O[C@H]1CN(Cc2ccccc2)CC[C@@H]1CI. The summed E-state index contributed by atoms with van der Waals surface area (Å²) in [4.78, 5) is 2.35. The number of alkyl halides is 1. The van der Waals surface area contributed by atoms with Crippen LogP contribution in [0.1, 0.15) is 12.0 Å². The van der Waals surface area contributed by atoms with Crippen LogP contribution < -0.4 is 0 Å². The predicted molar refractivity (Wildman–Crippen MR) is 74.7 cm³/mol. The van der Waals surface area contributed by atoms with Gasteiger partial charge in [-0.1, -0.05) is 52.9 Å². The summed E-state index contributed by atoms with van der Waals surface area (Å²) in [6.07, 6.45) is 0.978. The molecule has 1 aliphatic heterocycles. The highest BCUT2D eigenvalue weighted by molar-refractivity contribution is 14.1. The van der Waals surface area contributed by atoms with Crippen molar-refractivity contribution in [2.24, 2.45) is 5.92 Å². The Morgan fingerprint density at radius 2 is 2.06 bits per heavy atom. The molecule has 0 aliphatic carbocycles. The number of aliphatic hydroxyl groups is 1. The molecule has 0 radical (unpaired) electrons. The molecule has 1 aliphatic rings. The van der Waals surface area contributed by atoms with Crippen LogP contribution in [0, 0.1) is 5.92 Å². The lowest BCUT2D eigenvalue weighted by molar-refractivity contribution is 0.0288. The molecule has 2 rings (SSSR count). The standard InChI is InChI=1S/C13H18INO/c14-8-12-6-7-15(10-13(12)16)9-11-4-2-1-3-5-11/h1-5,12-13,16H,6-10H2/t12-,13+/m1/s1. The van der Waals surface area contributed by atoms with Crippen molar-refractivity contribution in [1.29, 1.82) is 0 Å². The Bertz CT molecular complexity index is 317. The summed E-state index contributed by atoms with van der Waals surface area (Å²) in [6, 6.07) is 10.5. The molecule has 16 heavy (non-hydrogen) atoms. The number of hydrogen-bond donors (Lipinski definition) is 1. The van der Waals surface area contributed by atoms with Crippen molar-refractivity contribution in [3.8, 4) is 0 Å². The molecule has 0 aromatic heterocycles. The Balaban J connectivity index is 1.89. The fraction of sp³-hybridized carbons (Fsp3) is 0.538. The average molecular weight is 331 g/mol. The number of hydrogen-bond acceptors (Lipinski definition) is 2. The zero-order valence-corrected chi connectivity index (χ0v) is 11.5. The molecule has 1 N–H and O–H groups in total. The molecule has 1 aromatic rings. The second-order valence-electron chi connectivity index (χ2n) is 4.49. The first-order valence-corrected chi connectivity index (χ1v) is 7.32. The number of nitrogens with zero attached hydrogens (tertiary/aromatic N) is 1. The zero-order chi connectivity index (χ0) is 11.4. The lowest BCUT2D eigenvalue weighted by Gasteiger charge is -2.35. The minimum absolute atomic E-state index is 0.144. The number of likely N-dealkylation sites (tertiary alicyclic amines) is 1. The van der Waals surface area contributed by atoms with Crippen molar-refractivity contribution < 1.29 is 5.11 Å². The van der Waals surface area contributed by atoms with E-state index in [9.17, 15) is 5.11 Å². The Labute approximate surface area is 111 Å². The number of aliphatic hydroxyl groups excluding tert-OH is 1. The Morgan fingerprint density at radius 3 is 2.69 bits per heavy atom. The fourth-order valence-corrected chi connectivity index (χ4v) is 3.24. The van der Waals surface area contributed by atoms with Crippen molar-refractivity contribution in [3.05, 3.63) is 35.9 Å². The van der Waals surface area contributed by atoms with Gasteiger partial charge in [0.15, 0.2) is 0 Å². The van der Waals surface area contributed by atoms with Gasteiger partial charge in [0.25, 0.3) is 0 Å². The molecule has 88 valence electrons. The van der Waals surface area contributed by atoms with Crippen molar-refractivity contribution in [2.45, 2.75) is 19.1 Å². The highest BCUT2D eigenvalue weighted by Crippen LogP contribution is 2.21. The van der Waals surface area contributed by atoms with Gasteiger partial charge >= 0.3 is 0 Å². The monoisotopic (exact) mass is 331 g/mol. The van der Waals surface area contributed by atoms with E-state index in [0.29, 0.717) is 5.92 Å². The van der Waals surface area contributed by atoms with Crippen molar-refractivity contribution >= 4 is 22.6 Å². The molecule has 1 saturated heterocycles. The Morgan fingerprint density at radius 1 is 1.31 bits per heavy atom. The number of piperidine rings is 1. The molecule has 1 aromatic carbocycles. The highest BCUT2D eigenvalue weighted by atomic mass is 127. The first-order chi connectivity index (χ1) is 7.79. The van der Waals surface area contributed by atoms with E-state index in [0.717, 1.165) is 30.5 Å². The first kappa shape index (κ1) is 12.3. The zero-order valence-electron chi connectivity index (χ0n) is 9.35. The summed E-state index contributed by atoms with van der Waals surface area (Å²) in [5, 5.41) is 9.97. The molecular weight excluding hydrogens is 313 g/mol. The van der Waals surface area contributed by atoms with Gasteiger partial charge in [-0.3, -0.25) is 4.90 Å². The minimum atomic E-state index is -0.144. The lowest BCUT2D eigenvalue weighted by atomic mass is 9.96. The molecule has 0 spiro atoms. The van der Waals surface area contributed by atoms with Gasteiger partial charge in [-0.05, 0) is 24.4 Å². The summed E-state index contributed by atoms with van der Waals surface area (Å²) < 4.78 is 1.07. The molecule has 0 amide bonds. The molecule has 0 saturated carbocycles. The van der Waals surface area contributed by atoms with E-state index < -0.39 is 0 Å². The van der Waals surface area contributed by atoms with Gasteiger partial charge < -0.3 is 5.11 Å². The van der Waals surface area contributed by atoms with Gasteiger partial charge in [-0.2, -0.15) is 0 Å². The summed E-state index contributed by atoms with van der Waals surface area (Å²) in [7, 11) is 0. The molecule has 0 bridgehead atoms. The molecule has 0 unspecified atom stereocenters. The highest BCUT2D eigenvalue weighted by Gasteiger charge is 2.26. The molecule has 1 fully saturated rings. The minimum Gasteiger partial charge on any atom is -0.391 e. The van der Waals surface area contributed by atoms with Gasteiger partial charge in [0, 0.05) is 17.5 Å². The first-order valence-electron chi connectivity index (χ1n) is 5.80. The van der Waals surface area contributed by atoms with Crippen molar-refractivity contribution in [2.75, 3.05) is 17.5 Å². The van der Waals surface area contributed by atoms with Gasteiger partial charge in [-0.25, -0.2) is 0 Å². The smallest absolute Gasteiger partial charge is 0.0703 e. The van der Waals surface area contributed by atoms with Crippen LogP contribution in [0.2, 0.25) is 0 Å². The van der Waals surface area contributed by atoms with Crippen LogP contribution in [0.3, 0.4) is 0 Å². The maximum Gasteiger partial charge on any atom is 0.0703 e. The number of β-amino-alcohol motifs (C(OH)–C–C–N with tert-alkyl or cyclic N) is 1. The largest absolute Gasteiger partial charge is 0.391 e. The van der Waals surface area contributed by atoms with Crippen molar-refractivity contribution in [1.82, 2.24) is 4.90 Å². The van der Waals surface area contributed by atoms with Crippen LogP contribution in [0.4, 0.5) is 0 Å². The average Bonchev–Trinajstić information content (AvgIpc) is 2.31. The third-order valence-corrected chi connectivity index (χ3v) is 4.38. The quantitative estimate of drug-likeness (QED) is 0.679. The van der Waals surface area contributed by atoms with Gasteiger partial charge in [0.2, 0.25) is 0 Å². The van der Waals surface area contributed by atoms with E-state index in [2.05, 4.69) is 51.8 Å².